The topological polar surface area (TPSA) is 97.4 Å². The molecule has 4 rings (SSSR count). The molecule has 204 valence electrons. The largest absolute Gasteiger partial charge is 0.459 e. The van der Waals surface area contributed by atoms with Crippen LogP contribution in [0.4, 0.5) is 0 Å². The molecule has 1 aliphatic heterocycles. The monoisotopic (exact) mass is 550 g/mol. The number of carbonyl (C=O) groups is 3. The lowest BCUT2D eigenvalue weighted by Gasteiger charge is -2.43. The Labute approximate surface area is 231 Å². The first-order valence-corrected chi connectivity index (χ1v) is 13.6. The highest BCUT2D eigenvalue weighted by Crippen LogP contribution is 2.37. The molecular weight excluding hydrogens is 520 g/mol. The van der Waals surface area contributed by atoms with Crippen LogP contribution in [0.5, 0.6) is 0 Å². The van der Waals surface area contributed by atoms with Crippen molar-refractivity contribution in [2.75, 3.05) is 12.4 Å². The van der Waals surface area contributed by atoms with Crippen molar-refractivity contribution in [2.45, 2.75) is 43.9 Å². The molecule has 1 unspecified atom stereocenters. The van der Waals surface area contributed by atoms with Gasteiger partial charge in [-0.3, -0.25) is 4.79 Å². The van der Waals surface area contributed by atoms with Gasteiger partial charge in [-0.2, -0.15) is 0 Å². The Morgan fingerprint density at radius 2 is 1.38 bits per heavy atom. The minimum absolute atomic E-state index is 0.229. The first kappa shape index (κ1) is 28.4. The Morgan fingerprint density at radius 1 is 0.821 bits per heavy atom. The summed E-state index contributed by atoms with van der Waals surface area (Å²) in [6.45, 7) is 2.99. The van der Waals surface area contributed by atoms with Crippen LogP contribution in [-0.4, -0.2) is 54.0 Å². The Bertz CT molecular complexity index is 1220. The van der Waals surface area contributed by atoms with Crippen molar-refractivity contribution in [2.24, 2.45) is 0 Å². The molecule has 3 aromatic rings. The average molecular weight is 551 g/mol. The number of ether oxygens (including phenoxy) is 5. The average Bonchev–Trinajstić information content (AvgIpc) is 2.97. The van der Waals surface area contributed by atoms with Crippen molar-refractivity contribution < 1.29 is 38.1 Å². The van der Waals surface area contributed by atoms with Crippen LogP contribution in [-0.2, 0) is 28.5 Å². The molecule has 0 amide bonds. The number of rotatable bonds is 10. The van der Waals surface area contributed by atoms with Crippen LogP contribution in [0.1, 0.15) is 46.4 Å². The lowest BCUT2D eigenvalue weighted by Crippen LogP contribution is -2.56. The molecule has 0 bridgehead atoms. The van der Waals surface area contributed by atoms with E-state index in [0.29, 0.717) is 22.4 Å². The molecule has 0 saturated carbocycles. The van der Waals surface area contributed by atoms with Gasteiger partial charge in [-0.05, 0) is 30.0 Å². The molecule has 0 spiro atoms. The van der Waals surface area contributed by atoms with E-state index in [4.69, 9.17) is 23.7 Å². The molecule has 0 aliphatic carbocycles. The van der Waals surface area contributed by atoms with Crippen LogP contribution >= 0.6 is 11.8 Å². The molecule has 8 nitrogen and oxygen atoms in total. The predicted octanol–water partition coefficient (Wildman–Crippen LogP) is 5.19. The minimum Gasteiger partial charge on any atom is -0.459 e. The van der Waals surface area contributed by atoms with Gasteiger partial charge in [0.15, 0.2) is 17.8 Å². The van der Waals surface area contributed by atoms with Crippen LogP contribution < -0.4 is 0 Å². The molecule has 9 heteroatoms. The highest BCUT2D eigenvalue weighted by molar-refractivity contribution is 7.99. The highest BCUT2D eigenvalue weighted by Gasteiger charge is 2.48. The molecular formula is C30H30O8S. The van der Waals surface area contributed by atoms with Gasteiger partial charge in [0.25, 0.3) is 0 Å². The zero-order valence-corrected chi connectivity index (χ0v) is 22.5. The maximum absolute atomic E-state index is 13.2. The first-order valence-electron chi connectivity index (χ1n) is 12.6. The van der Waals surface area contributed by atoms with Gasteiger partial charge in [0.05, 0.1) is 11.1 Å². The van der Waals surface area contributed by atoms with E-state index in [2.05, 4.69) is 0 Å². The summed E-state index contributed by atoms with van der Waals surface area (Å²) in [6.07, 6.45) is -3.81. The summed E-state index contributed by atoms with van der Waals surface area (Å²) in [7, 11) is 0. The Balaban J connectivity index is 1.67. The Hall–Kier alpha value is -3.66. The molecule has 39 heavy (non-hydrogen) atoms. The van der Waals surface area contributed by atoms with Gasteiger partial charge in [-0.25, -0.2) is 9.59 Å². The summed E-state index contributed by atoms with van der Waals surface area (Å²) >= 11 is 1.34. The van der Waals surface area contributed by atoms with E-state index in [0.717, 1.165) is 0 Å². The molecule has 5 atom stereocenters. The predicted molar refractivity (Wildman–Crippen MR) is 145 cm³/mol. The summed E-state index contributed by atoms with van der Waals surface area (Å²) in [5, 5.41) is 0. The maximum Gasteiger partial charge on any atom is 0.338 e. The quantitative estimate of drug-likeness (QED) is 0.192. The third-order valence-corrected chi connectivity index (χ3v) is 6.89. The van der Waals surface area contributed by atoms with Gasteiger partial charge in [0.2, 0.25) is 0 Å². The van der Waals surface area contributed by atoms with E-state index in [1.54, 1.807) is 60.7 Å². The fraction of sp³-hybridized carbons (Fsp3) is 0.300. The standard InChI is InChI=1S/C30H30O8S/c1-3-39-30(35-20(2)31)26-25(37-28(33)22-15-9-5-10-16-22)24(19-34-27(32)21-13-7-4-8-14-21)36-29(38-26)23-17-11-6-12-18-23/h4-18,24-26,29-30H,3,19H2,1-2H3/t24-,25-,26+,29-,30?/m1/s1. The van der Waals surface area contributed by atoms with Crippen LogP contribution in [0.25, 0.3) is 0 Å². The molecule has 0 radical (unpaired) electrons. The van der Waals surface area contributed by atoms with E-state index < -0.39 is 47.9 Å². The maximum atomic E-state index is 13.2. The fourth-order valence-corrected chi connectivity index (χ4v) is 5.01. The van der Waals surface area contributed by atoms with E-state index in [1.165, 1.54) is 18.7 Å². The van der Waals surface area contributed by atoms with Crippen molar-refractivity contribution in [3.8, 4) is 0 Å². The zero-order chi connectivity index (χ0) is 27.6. The van der Waals surface area contributed by atoms with Crippen molar-refractivity contribution >= 4 is 29.7 Å². The van der Waals surface area contributed by atoms with Crippen molar-refractivity contribution in [1.29, 1.82) is 0 Å². The van der Waals surface area contributed by atoms with Crippen LogP contribution in [0, 0.1) is 0 Å². The summed E-state index contributed by atoms with van der Waals surface area (Å²) in [5.41, 5.74) is 0.591. The van der Waals surface area contributed by atoms with E-state index >= 15 is 0 Å². The fourth-order valence-electron chi connectivity index (χ4n) is 4.07. The summed E-state index contributed by atoms with van der Waals surface area (Å²) < 4.78 is 29.7. The summed E-state index contributed by atoms with van der Waals surface area (Å²) in [4.78, 5) is 38.0. The lowest BCUT2D eigenvalue weighted by atomic mass is 10.0. The normalized spacial score (nSPS) is 21.4. The SMILES string of the molecule is CCSC(OC(C)=O)[C@H]1O[C@H](c2ccccc2)O[C@H](COC(=O)c2ccccc2)[C@H]1OC(=O)c1ccccc1. The Morgan fingerprint density at radius 3 is 1.95 bits per heavy atom. The second-order valence-corrected chi connectivity index (χ2v) is 10.0. The van der Waals surface area contributed by atoms with Crippen LogP contribution in [0.15, 0.2) is 91.0 Å². The van der Waals surface area contributed by atoms with Crippen LogP contribution in [0.3, 0.4) is 0 Å². The third-order valence-electron chi connectivity index (χ3n) is 5.86. The van der Waals surface area contributed by atoms with Crippen molar-refractivity contribution in [3.05, 3.63) is 108 Å². The molecule has 1 fully saturated rings. The summed E-state index contributed by atoms with van der Waals surface area (Å²) in [5.74, 6) is -1.07. The highest BCUT2D eigenvalue weighted by atomic mass is 32.2. The number of carbonyl (C=O) groups excluding carboxylic acids is 3. The van der Waals surface area contributed by atoms with Gasteiger partial charge < -0.3 is 23.7 Å². The van der Waals surface area contributed by atoms with Crippen molar-refractivity contribution in [3.63, 3.8) is 0 Å². The summed E-state index contributed by atoms with van der Waals surface area (Å²) in [6, 6.07) is 26.3. The number of hydrogen-bond donors (Lipinski definition) is 0. The smallest absolute Gasteiger partial charge is 0.338 e. The molecule has 3 aromatic carbocycles. The lowest BCUT2D eigenvalue weighted by molar-refractivity contribution is -0.301. The van der Waals surface area contributed by atoms with E-state index in [9.17, 15) is 14.4 Å². The molecule has 1 saturated heterocycles. The zero-order valence-electron chi connectivity index (χ0n) is 21.6. The number of esters is 3. The number of benzene rings is 3. The van der Waals surface area contributed by atoms with Gasteiger partial charge in [0, 0.05) is 12.5 Å². The number of hydrogen-bond acceptors (Lipinski definition) is 9. The second kappa shape index (κ2) is 13.9. The van der Waals surface area contributed by atoms with E-state index in [1.807, 2.05) is 37.3 Å². The molecule has 0 N–H and O–H groups in total. The van der Waals surface area contributed by atoms with Gasteiger partial charge in [-0.15, -0.1) is 11.8 Å². The first-order chi connectivity index (χ1) is 19.0. The third kappa shape index (κ3) is 7.69. The van der Waals surface area contributed by atoms with E-state index in [-0.39, 0.29) is 6.61 Å². The van der Waals surface area contributed by atoms with Gasteiger partial charge in [0.1, 0.15) is 18.8 Å². The molecule has 0 aromatic heterocycles. The van der Waals surface area contributed by atoms with Gasteiger partial charge in [-0.1, -0.05) is 73.7 Å². The van der Waals surface area contributed by atoms with Crippen LogP contribution in [0.2, 0.25) is 0 Å². The second-order valence-electron chi connectivity index (χ2n) is 8.65. The Kier molecular flexibility index (Phi) is 10.1. The number of thioether (sulfide) groups is 1. The van der Waals surface area contributed by atoms with Gasteiger partial charge >= 0.3 is 17.9 Å². The minimum atomic E-state index is -1.07. The molecule has 1 heterocycles. The van der Waals surface area contributed by atoms with Crippen molar-refractivity contribution in [1.82, 2.24) is 0 Å². The molecule has 1 aliphatic rings.